The number of nitrogens with zero attached hydrogens (tertiary/aromatic N) is 2. The quantitative estimate of drug-likeness (QED) is 0.749. The van der Waals surface area contributed by atoms with Gasteiger partial charge in [-0.1, -0.05) is 17.7 Å². The highest BCUT2D eigenvalue weighted by Crippen LogP contribution is 2.21. The zero-order valence-electron chi connectivity index (χ0n) is 12.2. The molecule has 1 aromatic carbocycles. The topological polar surface area (TPSA) is 77.1 Å². The van der Waals surface area contributed by atoms with Crippen molar-refractivity contribution in [2.45, 2.75) is 13.0 Å². The van der Waals surface area contributed by atoms with Gasteiger partial charge in [-0.2, -0.15) is 4.68 Å². The fraction of sp³-hybridized carbons (Fsp3) is 0.133. The molecule has 1 N–H and O–H groups in total. The van der Waals surface area contributed by atoms with Crippen LogP contribution in [-0.4, -0.2) is 15.7 Å². The minimum Gasteiger partial charge on any atom is -0.387 e. The molecular formula is C15H11ClFN3O3S. The van der Waals surface area contributed by atoms with Gasteiger partial charge in [0.1, 0.15) is 5.82 Å². The number of aromatic nitrogens is 2. The molecule has 0 saturated heterocycles. The third-order valence-electron chi connectivity index (χ3n) is 3.09. The molecule has 0 unspecified atom stereocenters. The molecule has 3 rings (SSSR count). The van der Waals surface area contributed by atoms with E-state index in [1.165, 1.54) is 23.5 Å². The number of halogens is 2. The van der Waals surface area contributed by atoms with E-state index in [9.17, 15) is 14.0 Å². The standard InChI is InChI=1S/C15H11ClFN3O3S/c16-9-3-4-10(17)11(8-9)18-13(21)5-6-20-15(22)23-14(19-20)12-2-1-7-24-12/h1-4,7-8H,5-6H2,(H,18,21). The Labute approximate surface area is 144 Å². The van der Waals surface area contributed by atoms with Crippen LogP contribution >= 0.6 is 22.9 Å². The summed E-state index contributed by atoms with van der Waals surface area (Å²) in [6, 6.07) is 7.44. The lowest BCUT2D eigenvalue weighted by Gasteiger charge is -2.06. The number of aryl methyl sites for hydroxylation is 1. The van der Waals surface area contributed by atoms with Crippen LogP contribution in [0.4, 0.5) is 10.1 Å². The van der Waals surface area contributed by atoms with Crippen molar-refractivity contribution in [2.75, 3.05) is 5.32 Å². The first-order valence-corrected chi connectivity index (χ1v) is 8.15. The van der Waals surface area contributed by atoms with Crippen LogP contribution < -0.4 is 11.1 Å². The number of benzene rings is 1. The van der Waals surface area contributed by atoms with Crippen LogP contribution in [0.25, 0.3) is 10.8 Å². The second-order valence-corrected chi connectivity index (χ2v) is 6.18. The zero-order chi connectivity index (χ0) is 17.1. The highest BCUT2D eigenvalue weighted by Gasteiger charge is 2.13. The normalized spacial score (nSPS) is 10.8. The Kier molecular flexibility index (Phi) is 4.77. The van der Waals surface area contributed by atoms with E-state index in [0.29, 0.717) is 5.02 Å². The molecule has 0 aliphatic carbocycles. The number of carbonyl (C=O) groups is 1. The van der Waals surface area contributed by atoms with Crippen molar-refractivity contribution in [3.8, 4) is 10.8 Å². The smallest absolute Gasteiger partial charge is 0.387 e. The minimum absolute atomic E-state index is 0.0146. The van der Waals surface area contributed by atoms with E-state index >= 15 is 0 Å². The summed E-state index contributed by atoms with van der Waals surface area (Å²) in [5, 5.41) is 8.58. The first kappa shape index (κ1) is 16.4. The molecule has 0 aliphatic rings. The molecule has 6 nitrogen and oxygen atoms in total. The summed E-state index contributed by atoms with van der Waals surface area (Å²) in [5.74, 6) is -1.51. The van der Waals surface area contributed by atoms with Gasteiger partial charge in [0.15, 0.2) is 0 Å². The number of anilines is 1. The van der Waals surface area contributed by atoms with Crippen molar-refractivity contribution in [3.05, 3.63) is 57.1 Å². The summed E-state index contributed by atoms with van der Waals surface area (Å²) >= 11 is 7.15. The van der Waals surface area contributed by atoms with Gasteiger partial charge in [-0.25, -0.2) is 9.18 Å². The number of thiophene rings is 1. The average Bonchev–Trinajstić information content (AvgIpc) is 3.18. The van der Waals surface area contributed by atoms with Crippen LogP contribution in [0.5, 0.6) is 0 Å². The fourth-order valence-corrected chi connectivity index (χ4v) is 2.78. The van der Waals surface area contributed by atoms with Crippen molar-refractivity contribution in [3.63, 3.8) is 0 Å². The van der Waals surface area contributed by atoms with E-state index in [1.54, 1.807) is 6.07 Å². The van der Waals surface area contributed by atoms with Gasteiger partial charge >= 0.3 is 5.76 Å². The van der Waals surface area contributed by atoms with Gasteiger partial charge in [-0.05, 0) is 29.6 Å². The molecule has 24 heavy (non-hydrogen) atoms. The molecule has 9 heteroatoms. The molecule has 2 aromatic heterocycles. The number of amides is 1. The van der Waals surface area contributed by atoms with Crippen molar-refractivity contribution in [2.24, 2.45) is 0 Å². The molecule has 3 aromatic rings. The molecule has 0 atom stereocenters. The number of hydrogen-bond acceptors (Lipinski definition) is 5. The fourth-order valence-electron chi connectivity index (χ4n) is 1.96. The Balaban J connectivity index is 1.64. The van der Waals surface area contributed by atoms with E-state index in [1.807, 2.05) is 11.4 Å². The third kappa shape index (κ3) is 3.72. The predicted octanol–water partition coefficient (Wildman–Crippen LogP) is 3.39. The Morgan fingerprint density at radius 3 is 3.00 bits per heavy atom. The summed E-state index contributed by atoms with van der Waals surface area (Å²) in [4.78, 5) is 24.4. The van der Waals surface area contributed by atoms with Crippen molar-refractivity contribution in [1.29, 1.82) is 0 Å². The van der Waals surface area contributed by atoms with Gasteiger partial charge in [0, 0.05) is 11.4 Å². The first-order chi connectivity index (χ1) is 11.5. The van der Waals surface area contributed by atoms with Gasteiger partial charge < -0.3 is 9.73 Å². The second kappa shape index (κ2) is 6.98. The van der Waals surface area contributed by atoms with E-state index in [0.717, 1.165) is 15.6 Å². The molecular weight excluding hydrogens is 357 g/mol. The van der Waals surface area contributed by atoms with Crippen molar-refractivity contribution < 1.29 is 13.6 Å². The summed E-state index contributed by atoms with van der Waals surface area (Å²) in [6.07, 6.45) is -0.0672. The van der Waals surface area contributed by atoms with Crippen LogP contribution in [0.15, 0.2) is 44.9 Å². The maximum atomic E-state index is 13.6. The molecule has 2 heterocycles. The lowest BCUT2D eigenvalue weighted by molar-refractivity contribution is -0.116. The van der Waals surface area contributed by atoms with Gasteiger partial charge in [-0.3, -0.25) is 4.79 Å². The average molecular weight is 368 g/mol. The Morgan fingerprint density at radius 2 is 2.25 bits per heavy atom. The lowest BCUT2D eigenvalue weighted by atomic mass is 10.3. The molecule has 124 valence electrons. The molecule has 0 fully saturated rings. The Morgan fingerprint density at radius 1 is 1.42 bits per heavy atom. The molecule has 0 spiro atoms. The van der Waals surface area contributed by atoms with E-state index in [-0.39, 0.29) is 24.5 Å². The van der Waals surface area contributed by atoms with Crippen molar-refractivity contribution in [1.82, 2.24) is 9.78 Å². The maximum Gasteiger partial charge on any atom is 0.437 e. The number of hydrogen-bond donors (Lipinski definition) is 1. The summed E-state index contributed by atoms with van der Waals surface area (Å²) in [7, 11) is 0. The van der Waals surface area contributed by atoms with E-state index in [2.05, 4.69) is 10.4 Å². The molecule has 1 amide bonds. The highest BCUT2D eigenvalue weighted by atomic mass is 35.5. The molecule has 0 radical (unpaired) electrons. The Hall–Kier alpha value is -2.45. The SMILES string of the molecule is O=C(CCn1nc(-c2cccs2)oc1=O)Nc1cc(Cl)ccc1F. The number of carbonyl (C=O) groups excluding carboxylic acids is 1. The summed E-state index contributed by atoms with van der Waals surface area (Å²) in [5.41, 5.74) is -0.0146. The van der Waals surface area contributed by atoms with Gasteiger partial charge in [-0.15, -0.1) is 16.4 Å². The monoisotopic (exact) mass is 367 g/mol. The minimum atomic E-state index is -0.653. The van der Waals surface area contributed by atoms with Crippen LogP contribution in [0.1, 0.15) is 6.42 Å². The molecule has 0 saturated carbocycles. The van der Waals surface area contributed by atoms with Crippen LogP contribution in [0.2, 0.25) is 5.02 Å². The van der Waals surface area contributed by atoms with Crippen molar-refractivity contribution >= 4 is 34.5 Å². The van der Waals surface area contributed by atoms with E-state index < -0.39 is 17.5 Å². The van der Waals surface area contributed by atoms with Gasteiger partial charge in [0.2, 0.25) is 5.91 Å². The van der Waals surface area contributed by atoms with Crippen LogP contribution in [0.3, 0.4) is 0 Å². The van der Waals surface area contributed by atoms with Gasteiger partial charge in [0.05, 0.1) is 17.1 Å². The first-order valence-electron chi connectivity index (χ1n) is 6.89. The summed E-state index contributed by atoms with van der Waals surface area (Å²) in [6.45, 7) is 0.0156. The van der Waals surface area contributed by atoms with Crippen LogP contribution in [0, 0.1) is 5.82 Å². The van der Waals surface area contributed by atoms with Crippen LogP contribution in [-0.2, 0) is 11.3 Å². The number of rotatable bonds is 5. The summed E-state index contributed by atoms with van der Waals surface area (Å²) < 4.78 is 19.7. The van der Waals surface area contributed by atoms with Gasteiger partial charge in [0.25, 0.3) is 5.89 Å². The van der Waals surface area contributed by atoms with E-state index in [4.69, 9.17) is 16.0 Å². The highest BCUT2D eigenvalue weighted by molar-refractivity contribution is 7.13. The largest absolute Gasteiger partial charge is 0.437 e. The molecule has 0 bridgehead atoms. The molecule has 0 aliphatic heterocycles. The number of nitrogens with one attached hydrogen (secondary N) is 1. The maximum absolute atomic E-state index is 13.6. The zero-order valence-corrected chi connectivity index (χ0v) is 13.7. The second-order valence-electron chi connectivity index (χ2n) is 4.80. The third-order valence-corrected chi connectivity index (χ3v) is 4.18. The lowest BCUT2D eigenvalue weighted by Crippen LogP contribution is -2.21. The Bertz CT molecular complexity index is 920. The predicted molar refractivity (Wildman–Crippen MR) is 88.7 cm³/mol.